The third kappa shape index (κ3) is 8.58. The smallest absolute Gasteiger partial charge is 0 e. The second kappa shape index (κ2) is 13.6. The molecule has 0 aromatic heterocycles. The molecule has 0 N–H and O–H groups in total. The van der Waals surface area contributed by atoms with Gasteiger partial charge in [0.15, 0.2) is 0 Å². The second-order valence-electron chi connectivity index (χ2n) is 6.21. The molecule has 23 heavy (non-hydrogen) atoms. The van der Waals surface area contributed by atoms with Gasteiger partial charge in [-0.15, -0.1) is 0 Å². The van der Waals surface area contributed by atoms with Gasteiger partial charge in [-0.3, -0.25) is 0 Å². The van der Waals surface area contributed by atoms with E-state index in [1.807, 2.05) is 0 Å². The Bertz CT molecular complexity index is 453. The maximum atomic E-state index is 2.43. The second-order valence-corrected chi connectivity index (χ2v) is 6.21. The first-order chi connectivity index (χ1) is 10.7. The zero-order chi connectivity index (χ0) is 16.2. The molecule has 0 spiro atoms. The first-order valence-corrected chi connectivity index (χ1v) is 9.22. The number of rotatable bonds is 8. The van der Waals surface area contributed by atoms with Gasteiger partial charge in [-0.2, -0.15) is 17.7 Å². The molecule has 0 saturated carbocycles. The van der Waals surface area contributed by atoms with E-state index in [-0.39, 0.29) is 17.1 Å². The summed E-state index contributed by atoms with van der Waals surface area (Å²) in [6.45, 7) is 8.99. The molecule has 0 aliphatic heterocycles. The SMILES string of the molecule is CCC[c-]1[cH-][c-](CCC)[c-](CCC)[cH-]1.CCC[c-]1cccc1.[Fe]. The maximum Gasteiger partial charge on any atom is 0 e. The van der Waals surface area contributed by atoms with Gasteiger partial charge in [-0.25, -0.2) is 31.4 Å². The molecule has 0 saturated heterocycles. The van der Waals surface area contributed by atoms with Crippen LogP contribution in [0.4, 0.5) is 0 Å². The van der Waals surface area contributed by atoms with E-state index >= 15 is 0 Å². The first-order valence-electron chi connectivity index (χ1n) is 9.22. The Morgan fingerprint density at radius 2 is 1.09 bits per heavy atom. The fourth-order valence-corrected chi connectivity index (χ4v) is 2.98. The normalized spacial score (nSPS) is 9.91. The maximum absolute atomic E-state index is 2.43. The Labute approximate surface area is 154 Å². The molecule has 0 aliphatic rings. The van der Waals surface area contributed by atoms with E-state index in [1.54, 1.807) is 16.7 Å². The summed E-state index contributed by atoms with van der Waals surface area (Å²) in [4.78, 5) is 0. The van der Waals surface area contributed by atoms with Crippen molar-refractivity contribution in [2.45, 2.75) is 79.1 Å². The zero-order valence-electron chi connectivity index (χ0n) is 15.5. The van der Waals surface area contributed by atoms with Crippen molar-refractivity contribution in [3.05, 3.63) is 58.7 Å². The molecule has 0 radical (unpaired) electrons. The molecular weight excluding hydrogens is 320 g/mol. The quantitative estimate of drug-likeness (QED) is 0.369. The van der Waals surface area contributed by atoms with Crippen LogP contribution in [0.15, 0.2) is 36.4 Å². The molecule has 0 amide bonds. The van der Waals surface area contributed by atoms with Gasteiger partial charge in [0.2, 0.25) is 0 Å². The third-order valence-electron chi connectivity index (χ3n) is 3.98. The summed E-state index contributed by atoms with van der Waals surface area (Å²) in [5.41, 5.74) is 6.24. The molecule has 136 valence electrons. The van der Waals surface area contributed by atoms with Crippen LogP contribution in [0.5, 0.6) is 0 Å². The number of aryl methyl sites for hydroxylation is 4. The topological polar surface area (TPSA) is 0 Å². The van der Waals surface area contributed by atoms with Gasteiger partial charge in [-0.1, -0.05) is 59.8 Å². The molecule has 0 fully saturated rings. The van der Waals surface area contributed by atoms with E-state index in [4.69, 9.17) is 0 Å². The van der Waals surface area contributed by atoms with E-state index in [1.165, 1.54) is 56.9 Å². The van der Waals surface area contributed by atoms with Crippen molar-refractivity contribution in [2.24, 2.45) is 0 Å². The van der Waals surface area contributed by atoms with E-state index < -0.39 is 0 Å². The Hall–Kier alpha value is -0.781. The molecule has 0 unspecified atom stereocenters. The van der Waals surface area contributed by atoms with Crippen LogP contribution < -0.4 is 0 Å². The minimum atomic E-state index is 0. The predicted molar refractivity (Wildman–Crippen MR) is 100 cm³/mol. The third-order valence-corrected chi connectivity index (χ3v) is 3.98. The molecule has 0 nitrogen and oxygen atoms in total. The van der Waals surface area contributed by atoms with Crippen molar-refractivity contribution >= 4 is 0 Å². The Kier molecular flexibility index (Phi) is 13.2. The largest absolute Gasteiger partial charge is 0.743 e. The van der Waals surface area contributed by atoms with Crippen LogP contribution in [0.25, 0.3) is 0 Å². The van der Waals surface area contributed by atoms with Crippen LogP contribution in [0.1, 0.15) is 75.6 Å². The Morgan fingerprint density at radius 3 is 1.48 bits per heavy atom. The molecule has 0 atom stereocenters. The van der Waals surface area contributed by atoms with Crippen LogP contribution in [0.2, 0.25) is 0 Å². The summed E-state index contributed by atoms with van der Waals surface area (Å²) >= 11 is 0. The summed E-state index contributed by atoms with van der Waals surface area (Å²) in [7, 11) is 0. The first kappa shape index (κ1) is 22.2. The van der Waals surface area contributed by atoms with Crippen LogP contribution >= 0.6 is 0 Å². The molecule has 0 bridgehead atoms. The molecule has 2 aromatic carbocycles. The van der Waals surface area contributed by atoms with E-state index in [2.05, 4.69) is 64.1 Å². The van der Waals surface area contributed by atoms with Crippen molar-refractivity contribution in [2.75, 3.05) is 0 Å². The van der Waals surface area contributed by atoms with Crippen molar-refractivity contribution in [3.63, 3.8) is 0 Å². The summed E-state index contributed by atoms with van der Waals surface area (Å²) in [5, 5.41) is 0. The fourth-order valence-electron chi connectivity index (χ4n) is 2.98. The van der Waals surface area contributed by atoms with Crippen molar-refractivity contribution in [1.82, 2.24) is 0 Å². The average Bonchev–Trinajstić information content (AvgIpc) is 3.12. The summed E-state index contributed by atoms with van der Waals surface area (Å²) in [6.07, 6.45) is 10.1. The molecule has 1 heteroatoms. The minimum Gasteiger partial charge on any atom is -0.743 e. The van der Waals surface area contributed by atoms with E-state index in [9.17, 15) is 0 Å². The summed E-state index contributed by atoms with van der Waals surface area (Å²) < 4.78 is 0. The number of hydrogen-bond donors (Lipinski definition) is 0. The van der Waals surface area contributed by atoms with Gasteiger partial charge in [0.25, 0.3) is 0 Å². The molecule has 0 aliphatic carbocycles. The summed E-state index contributed by atoms with van der Waals surface area (Å²) in [5.74, 6) is 0. The van der Waals surface area contributed by atoms with Crippen LogP contribution in [0, 0.1) is 0 Å². The monoisotopic (exact) mass is 354 g/mol. The Morgan fingerprint density at radius 1 is 0.652 bits per heavy atom. The predicted octanol–water partition coefficient (Wildman–Crippen LogP) is 6.62. The van der Waals surface area contributed by atoms with Crippen LogP contribution in [-0.2, 0) is 42.8 Å². The van der Waals surface area contributed by atoms with Crippen molar-refractivity contribution in [1.29, 1.82) is 0 Å². The van der Waals surface area contributed by atoms with Gasteiger partial charge in [0.1, 0.15) is 0 Å². The molecule has 2 aromatic rings. The Balaban J connectivity index is 0.000000460. The molecule has 2 rings (SSSR count). The van der Waals surface area contributed by atoms with Crippen molar-refractivity contribution < 1.29 is 17.1 Å². The van der Waals surface area contributed by atoms with Gasteiger partial charge in [-0.05, 0) is 0 Å². The van der Waals surface area contributed by atoms with Gasteiger partial charge < -0.3 is 28.8 Å². The summed E-state index contributed by atoms with van der Waals surface area (Å²) in [6, 6.07) is 13.4. The fraction of sp³-hybridized carbons (Fsp3) is 0.545. The van der Waals surface area contributed by atoms with E-state index in [0.717, 1.165) is 0 Å². The number of hydrogen-bond acceptors (Lipinski definition) is 0. The minimum absolute atomic E-state index is 0. The average molecular weight is 354 g/mol. The van der Waals surface area contributed by atoms with Crippen molar-refractivity contribution in [3.8, 4) is 0 Å². The molecule has 0 heterocycles. The van der Waals surface area contributed by atoms with Gasteiger partial charge >= 0.3 is 0 Å². The van der Waals surface area contributed by atoms with E-state index in [0.29, 0.717) is 0 Å². The van der Waals surface area contributed by atoms with Crippen LogP contribution in [0.3, 0.4) is 0 Å². The zero-order valence-corrected chi connectivity index (χ0v) is 16.6. The standard InChI is InChI=1S/C14H23.C8H11.Fe/c1-4-7-12-10-13(8-5-2)14(11-12)9-6-3;1-2-5-8-6-3-4-7-8;/h10-11H,4-9H2,1-3H3;3-4,6-7H,2,5H2,1H3;/q-5;-1;. The molecular formula is C22H34Fe-6. The van der Waals surface area contributed by atoms with Crippen LogP contribution in [-0.4, -0.2) is 0 Å². The van der Waals surface area contributed by atoms with Gasteiger partial charge in [0, 0.05) is 17.1 Å². The van der Waals surface area contributed by atoms with Gasteiger partial charge in [0.05, 0.1) is 0 Å².